The van der Waals surface area contributed by atoms with Crippen LogP contribution in [0, 0.1) is 0 Å². The van der Waals surface area contributed by atoms with Crippen molar-refractivity contribution in [1.82, 2.24) is 15.3 Å². The van der Waals surface area contributed by atoms with Crippen molar-refractivity contribution in [1.29, 1.82) is 0 Å². The number of rotatable bonds is 1. The second kappa shape index (κ2) is 5.65. The largest absolute Gasteiger partial charge is 0.375 e. The summed E-state index contributed by atoms with van der Waals surface area (Å²) >= 11 is 0. The number of aromatic nitrogens is 2. The number of hydrogen-bond acceptors (Lipinski definition) is 4. The average molecular weight is 287 g/mol. The lowest BCUT2D eigenvalue weighted by atomic mass is 9.74. The monoisotopic (exact) mass is 287 g/mol. The van der Waals surface area contributed by atoms with Crippen LogP contribution in [0.2, 0.25) is 0 Å². The molecule has 1 saturated heterocycles. The molecule has 1 aromatic heterocycles. The molecule has 3 heterocycles. The smallest absolute Gasteiger partial charge is 0.115 e. The average Bonchev–Trinajstić information content (AvgIpc) is 2.55. The standard InChI is InChI=1S/C17H25N3O/c1-2-6-17(7-3-1)10-13(5-9-21-17)16-14-11-18-8-4-15(14)19-12-20-16/h12-13,18H,1-11H2. The van der Waals surface area contributed by atoms with Gasteiger partial charge in [-0.15, -0.1) is 0 Å². The fourth-order valence-electron chi connectivity index (χ4n) is 4.45. The number of nitrogens with one attached hydrogen (secondary N) is 1. The van der Waals surface area contributed by atoms with E-state index in [1.54, 1.807) is 6.33 Å². The topological polar surface area (TPSA) is 47.0 Å². The van der Waals surface area contributed by atoms with E-state index >= 15 is 0 Å². The molecule has 4 nitrogen and oxygen atoms in total. The van der Waals surface area contributed by atoms with E-state index in [0.717, 1.165) is 39.0 Å². The fourth-order valence-corrected chi connectivity index (χ4v) is 4.45. The highest BCUT2D eigenvalue weighted by Crippen LogP contribution is 2.44. The molecule has 4 rings (SSSR count). The maximum absolute atomic E-state index is 6.24. The van der Waals surface area contributed by atoms with Crippen molar-refractivity contribution >= 4 is 0 Å². The normalized spacial score (nSPS) is 28.3. The molecule has 1 atom stereocenters. The van der Waals surface area contributed by atoms with Crippen molar-refractivity contribution in [3.8, 4) is 0 Å². The van der Waals surface area contributed by atoms with E-state index in [4.69, 9.17) is 4.74 Å². The second-order valence-corrected chi connectivity index (χ2v) is 6.89. The number of hydrogen-bond donors (Lipinski definition) is 1. The molecule has 0 amide bonds. The molecule has 0 aromatic carbocycles. The first-order valence-electron chi connectivity index (χ1n) is 8.54. The molecule has 0 bridgehead atoms. The molecule has 1 aromatic rings. The zero-order valence-electron chi connectivity index (χ0n) is 12.7. The van der Waals surface area contributed by atoms with Gasteiger partial charge in [-0.3, -0.25) is 0 Å². The molecule has 0 radical (unpaired) electrons. The van der Waals surface area contributed by atoms with Crippen molar-refractivity contribution < 1.29 is 4.74 Å². The minimum absolute atomic E-state index is 0.154. The third kappa shape index (κ3) is 2.59. The Morgan fingerprint density at radius 1 is 1.19 bits per heavy atom. The van der Waals surface area contributed by atoms with Crippen molar-refractivity contribution in [2.24, 2.45) is 0 Å². The predicted octanol–water partition coefficient (Wildman–Crippen LogP) is 2.72. The maximum atomic E-state index is 6.24. The molecular formula is C17H25N3O. The van der Waals surface area contributed by atoms with Gasteiger partial charge in [-0.2, -0.15) is 0 Å². The predicted molar refractivity (Wildman–Crippen MR) is 81.2 cm³/mol. The van der Waals surface area contributed by atoms with Crippen LogP contribution in [0.1, 0.15) is 67.8 Å². The van der Waals surface area contributed by atoms with Crippen LogP contribution in [-0.4, -0.2) is 28.7 Å². The lowest BCUT2D eigenvalue weighted by Crippen LogP contribution is -2.41. The Morgan fingerprint density at radius 3 is 3.00 bits per heavy atom. The lowest BCUT2D eigenvalue weighted by molar-refractivity contribution is -0.107. The van der Waals surface area contributed by atoms with Gasteiger partial charge in [0.25, 0.3) is 0 Å². The van der Waals surface area contributed by atoms with E-state index in [9.17, 15) is 0 Å². The summed E-state index contributed by atoms with van der Waals surface area (Å²) < 4.78 is 6.24. The first-order chi connectivity index (χ1) is 10.4. The van der Waals surface area contributed by atoms with Crippen LogP contribution in [0.3, 0.4) is 0 Å². The SMILES string of the molecule is c1nc2c(c(C3CCOC4(CCCCC4)C3)n1)CNCC2. The molecule has 1 aliphatic carbocycles. The van der Waals surface area contributed by atoms with Gasteiger partial charge in [0.1, 0.15) is 6.33 Å². The quantitative estimate of drug-likeness (QED) is 0.862. The van der Waals surface area contributed by atoms with E-state index in [0.29, 0.717) is 5.92 Å². The Labute approximate surface area is 126 Å². The first-order valence-corrected chi connectivity index (χ1v) is 8.54. The maximum Gasteiger partial charge on any atom is 0.115 e. The molecule has 4 heteroatoms. The number of fused-ring (bicyclic) bond motifs is 1. The van der Waals surface area contributed by atoms with Gasteiger partial charge < -0.3 is 10.1 Å². The molecule has 3 aliphatic rings. The van der Waals surface area contributed by atoms with E-state index in [2.05, 4.69) is 15.3 Å². The Balaban J connectivity index is 1.61. The molecule has 1 spiro atoms. The summed E-state index contributed by atoms with van der Waals surface area (Å²) in [7, 11) is 0. The molecule has 1 N–H and O–H groups in total. The minimum Gasteiger partial charge on any atom is -0.375 e. The van der Waals surface area contributed by atoms with Gasteiger partial charge in [0.15, 0.2) is 0 Å². The van der Waals surface area contributed by atoms with Crippen LogP contribution in [0.5, 0.6) is 0 Å². The van der Waals surface area contributed by atoms with Crippen LogP contribution in [0.4, 0.5) is 0 Å². The van der Waals surface area contributed by atoms with Crippen LogP contribution in [-0.2, 0) is 17.7 Å². The molecule has 21 heavy (non-hydrogen) atoms. The van der Waals surface area contributed by atoms with Crippen molar-refractivity contribution in [3.63, 3.8) is 0 Å². The van der Waals surface area contributed by atoms with Crippen molar-refractivity contribution in [3.05, 3.63) is 23.3 Å². The van der Waals surface area contributed by atoms with Gasteiger partial charge in [0.2, 0.25) is 0 Å². The Hall–Kier alpha value is -1.00. The Bertz CT molecular complexity index is 505. The highest BCUT2D eigenvalue weighted by Gasteiger charge is 2.40. The number of ether oxygens (including phenoxy) is 1. The molecular weight excluding hydrogens is 262 g/mol. The highest BCUT2D eigenvalue weighted by atomic mass is 16.5. The molecule has 114 valence electrons. The molecule has 2 aliphatic heterocycles. The van der Waals surface area contributed by atoms with E-state index in [-0.39, 0.29) is 5.60 Å². The summed E-state index contributed by atoms with van der Waals surface area (Å²) in [6.45, 7) is 2.88. The van der Waals surface area contributed by atoms with E-state index < -0.39 is 0 Å². The summed E-state index contributed by atoms with van der Waals surface area (Å²) in [5, 5.41) is 3.48. The third-order valence-electron chi connectivity index (χ3n) is 5.55. The fraction of sp³-hybridized carbons (Fsp3) is 0.765. The van der Waals surface area contributed by atoms with E-state index in [1.807, 2.05) is 0 Å². The van der Waals surface area contributed by atoms with Gasteiger partial charge in [0, 0.05) is 43.3 Å². The second-order valence-electron chi connectivity index (χ2n) is 6.89. The zero-order valence-corrected chi connectivity index (χ0v) is 12.7. The van der Waals surface area contributed by atoms with Crippen LogP contribution >= 0.6 is 0 Å². The lowest BCUT2D eigenvalue weighted by Gasteiger charge is -2.43. The van der Waals surface area contributed by atoms with E-state index in [1.165, 1.54) is 49.1 Å². The highest BCUT2D eigenvalue weighted by molar-refractivity contribution is 5.30. The Morgan fingerprint density at radius 2 is 2.10 bits per heavy atom. The summed E-state index contributed by atoms with van der Waals surface area (Å²) in [4.78, 5) is 9.18. The molecule has 1 unspecified atom stereocenters. The van der Waals surface area contributed by atoms with Crippen LogP contribution < -0.4 is 5.32 Å². The van der Waals surface area contributed by atoms with Crippen LogP contribution in [0.15, 0.2) is 6.33 Å². The van der Waals surface area contributed by atoms with Crippen LogP contribution in [0.25, 0.3) is 0 Å². The summed E-state index contributed by atoms with van der Waals surface area (Å²) in [6, 6.07) is 0. The summed E-state index contributed by atoms with van der Waals surface area (Å²) in [5.41, 5.74) is 4.10. The summed E-state index contributed by atoms with van der Waals surface area (Å²) in [5.74, 6) is 0.563. The van der Waals surface area contributed by atoms with Gasteiger partial charge in [-0.1, -0.05) is 19.3 Å². The van der Waals surface area contributed by atoms with Gasteiger partial charge in [-0.25, -0.2) is 9.97 Å². The first kappa shape index (κ1) is 13.6. The van der Waals surface area contributed by atoms with Crippen molar-refractivity contribution in [2.75, 3.05) is 13.2 Å². The third-order valence-corrected chi connectivity index (χ3v) is 5.55. The molecule has 1 saturated carbocycles. The Kier molecular flexibility index (Phi) is 3.67. The van der Waals surface area contributed by atoms with Gasteiger partial charge in [0.05, 0.1) is 11.3 Å². The molecule has 2 fully saturated rings. The zero-order chi connectivity index (χ0) is 14.1. The number of nitrogens with zero attached hydrogens (tertiary/aromatic N) is 2. The van der Waals surface area contributed by atoms with Gasteiger partial charge in [-0.05, 0) is 25.7 Å². The summed E-state index contributed by atoms with van der Waals surface area (Å²) in [6.07, 6.45) is 11.6. The minimum atomic E-state index is 0.154. The van der Waals surface area contributed by atoms with Crippen molar-refractivity contribution in [2.45, 2.75) is 69.4 Å². The van der Waals surface area contributed by atoms with Gasteiger partial charge >= 0.3 is 0 Å².